The molecule has 0 heterocycles. The van der Waals surface area contributed by atoms with Gasteiger partial charge in [0, 0.05) is 17.5 Å². The third-order valence-electron chi connectivity index (χ3n) is 3.42. The van der Waals surface area contributed by atoms with E-state index in [1.54, 1.807) is 0 Å². The van der Waals surface area contributed by atoms with Gasteiger partial charge in [-0.2, -0.15) is 0 Å². The highest BCUT2D eigenvalue weighted by Crippen LogP contribution is 2.32. The molecule has 0 amide bonds. The number of ether oxygens (including phenoxy) is 1. The molecule has 106 valence electrons. The Kier molecular flexibility index (Phi) is 4.46. The fourth-order valence-corrected chi connectivity index (χ4v) is 2.16. The van der Waals surface area contributed by atoms with Gasteiger partial charge < -0.3 is 10.5 Å². The van der Waals surface area contributed by atoms with Gasteiger partial charge in [0.1, 0.15) is 11.9 Å². The number of benzene rings is 2. The van der Waals surface area contributed by atoms with Crippen LogP contribution in [0.25, 0.3) is 11.1 Å². The van der Waals surface area contributed by atoms with Crippen molar-refractivity contribution in [3.8, 4) is 16.9 Å². The van der Waals surface area contributed by atoms with Crippen molar-refractivity contribution in [2.24, 2.45) is 11.1 Å². The Bertz CT molecular complexity index is 543. The first-order valence-corrected chi connectivity index (χ1v) is 7.03. The summed E-state index contributed by atoms with van der Waals surface area (Å²) in [6, 6.07) is 18.4. The Hall–Kier alpha value is -1.80. The quantitative estimate of drug-likeness (QED) is 0.906. The predicted molar refractivity (Wildman–Crippen MR) is 84.8 cm³/mol. The van der Waals surface area contributed by atoms with Crippen LogP contribution >= 0.6 is 0 Å². The molecule has 0 aliphatic heterocycles. The van der Waals surface area contributed by atoms with E-state index in [1.165, 1.54) is 0 Å². The third kappa shape index (κ3) is 3.40. The average molecular weight is 269 g/mol. The van der Waals surface area contributed by atoms with Gasteiger partial charge in [0.2, 0.25) is 0 Å². The summed E-state index contributed by atoms with van der Waals surface area (Å²) >= 11 is 0. The highest BCUT2D eigenvalue weighted by molar-refractivity contribution is 5.70. The maximum absolute atomic E-state index is 6.19. The van der Waals surface area contributed by atoms with Crippen LogP contribution in [-0.4, -0.2) is 12.6 Å². The summed E-state index contributed by atoms with van der Waals surface area (Å²) in [4.78, 5) is 0. The molecule has 0 spiro atoms. The second-order valence-electron chi connectivity index (χ2n) is 6.07. The standard InChI is InChI=1S/C18H23NO/c1-18(2,3)17(13-19)20-16-12-8-7-11-15(16)14-9-5-4-6-10-14/h4-12,17H,13,19H2,1-3H3. The van der Waals surface area contributed by atoms with E-state index in [4.69, 9.17) is 10.5 Å². The summed E-state index contributed by atoms with van der Waals surface area (Å²) in [5.41, 5.74) is 8.15. The van der Waals surface area contributed by atoms with E-state index in [2.05, 4.69) is 39.0 Å². The summed E-state index contributed by atoms with van der Waals surface area (Å²) in [6.45, 7) is 6.95. The van der Waals surface area contributed by atoms with Crippen molar-refractivity contribution in [2.45, 2.75) is 26.9 Å². The molecule has 2 N–H and O–H groups in total. The Morgan fingerprint density at radius 3 is 2.15 bits per heavy atom. The van der Waals surface area contributed by atoms with Crippen LogP contribution in [0.1, 0.15) is 20.8 Å². The predicted octanol–water partition coefficient (Wildman–Crippen LogP) is 4.11. The van der Waals surface area contributed by atoms with Gasteiger partial charge >= 0.3 is 0 Å². The number of hydrogen-bond acceptors (Lipinski definition) is 2. The molecule has 0 bridgehead atoms. The summed E-state index contributed by atoms with van der Waals surface area (Å²) in [7, 11) is 0. The van der Waals surface area contributed by atoms with E-state index in [9.17, 15) is 0 Å². The topological polar surface area (TPSA) is 35.2 Å². The minimum absolute atomic E-state index is 0.00707. The fourth-order valence-electron chi connectivity index (χ4n) is 2.16. The molecule has 0 saturated carbocycles. The van der Waals surface area contributed by atoms with E-state index < -0.39 is 0 Å². The van der Waals surface area contributed by atoms with Gasteiger partial charge in [0.25, 0.3) is 0 Å². The lowest BCUT2D eigenvalue weighted by molar-refractivity contribution is 0.0948. The Morgan fingerprint density at radius 1 is 0.950 bits per heavy atom. The van der Waals surface area contributed by atoms with Crippen LogP contribution in [0.15, 0.2) is 54.6 Å². The molecule has 1 unspecified atom stereocenters. The largest absolute Gasteiger partial charge is 0.488 e. The van der Waals surface area contributed by atoms with E-state index in [-0.39, 0.29) is 11.5 Å². The van der Waals surface area contributed by atoms with Gasteiger partial charge in [-0.25, -0.2) is 0 Å². The molecule has 2 rings (SSSR count). The Morgan fingerprint density at radius 2 is 1.55 bits per heavy atom. The number of para-hydroxylation sites is 1. The number of hydrogen-bond donors (Lipinski definition) is 1. The normalized spacial score (nSPS) is 13.0. The summed E-state index contributed by atoms with van der Waals surface area (Å²) in [5, 5.41) is 0. The molecule has 20 heavy (non-hydrogen) atoms. The van der Waals surface area contributed by atoms with E-state index >= 15 is 0 Å². The number of nitrogens with two attached hydrogens (primary N) is 1. The van der Waals surface area contributed by atoms with E-state index in [0.29, 0.717) is 6.54 Å². The van der Waals surface area contributed by atoms with Gasteiger partial charge in [-0.15, -0.1) is 0 Å². The highest BCUT2D eigenvalue weighted by Gasteiger charge is 2.25. The first kappa shape index (κ1) is 14.6. The lowest BCUT2D eigenvalue weighted by Gasteiger charge is -2.30. The molecule has 0 aliphatic rings. The van der Waals surface area contributed by atoms with Crippen molar-refractivity contribution < 1.29 is 4.74 Å². The molecule has 2 aromatic carbocycles. The lowest BCUT2D eigenvalue weighted by atomic mass is 9.89. The maximum Gasteiger partial charge on any atom is 0.127 e. The van der Waals surface area contributed by atoms with Crippen molar-refractivity contribution in [3.05, 3.63) is 54.6 Å². The highest BCUT2D eigenvalue weighted by atomic mass is 16.5. The van der Waals surface area contributed by atoms with Crippen molar-refractivity contribution in [2.75, 3.05) is 6.54 Å². The lowest BCUT2D eigenvalue weighted by Crippen LogP contribution is -2.38. The first-order chi connectivity index (χ1) is 9.52. The fraction of sp³-hybridized carbons (Fsp3) is 0.333. The molecule has 0 aromatic heterocycles. The van der Waals surface area contributed by atoms with Crippen LogP contribution in [0.4, 0.5) is 0 Å². The molecule has 0 fully saturated rings. The molecule has 2 aromatic rings. The zero-order valence-corrected chi connectivity index (χ0v) is 12.5. The van der Waals surface area contributed by atoms with Crippen LogP contribution in [-0.2, 0) is 0 Å². The molecule has 0 saturated heterocycles. The second kappa shape index (κ2) is 6.10. The molecule has 1 atom stereocenters. The monoisotopic (exact) mass is 269 g/mol. The second-order valence-corrected chi connectivity index (χ2v) is 6.07. The van der Waals surface area contributed by atoms with Crippen LogP contribution in [0.5, 0.6) is 5.75 Å². The average Bonchev–Trinajstić information content (AvgIpc) is 2.45. The summed E-state index contributed by atoms with van der Waals surface area (Å²) in [6.07, 6.45) is -0.00707. The summed E-state index contributed by atoms with van der Waals surface area (Å²) < 4.78 is 6.19. The van der Waals surface area contributed by atoms with Gasteiger partial charge in [-0.05, 0) is 11.6 Å². The zero-order valence-electron chi connectivity index (χ0n) is 12.5. The van der Waals surface area contributed by atoms with Crippen molar-refractivity contribution in [1.82, 2.24) is 0 Å². The Labute approximate surface area is 121 Å². The van der Waals surface area contributed by atoms with Gasteiger partial charge in [0.05, 0.1) is 0 Å². The molecular formula is C18H23NO. The van der Waals surface area contributed by atoms with Crippen molar-refractivity contribution in [1.29, 1.82) is 0 Å². The molecule has 2 nitrogen and oxygen atoms in total. The van der Waals surface area contributed by atoms with Crippen LogP contribution in [0, 0.1) is 5.41 Å². The molecule has 0 radical (unpaired) electrons. The minimum Gasteiger partial charge on any atom is -0.488 e. The van der Waals surface area contributed by atoms with Crippen molar-refractivity contribution in [3.63, 3.8) is 0 Å². The zero-order chi connectivity index (χ0) is 14.6. The van der Waals surface area contributed by atoms with Crippen LogP contribution in [0.3, 0.4) is 0 Å². The SMILES string of the molecule is CC(C)(C)C(CN)Oc1ccccc1-c1ccccc1. The first-order valence-electron chi connectivity index (χ1n) is 7.03. The van der Waals surface area contributed by atoms with Gasteiger partial charge in [-0.1, -0.05) is 69.3 Å². The van der Waals surface area contributed by atoms with Gasteiger partial charge in [-0.3, -0.25) is 0 Å². The van der Waals surface area contributed by atoms with E-state index in [0.717, 1.165) is 16.9 Å². The van der Waals surface area contributed by atoms with E-state index in [1.807, 2.05) is 36.4 Å². The minimum atomic E-state index is -0.00707. The summed E-state index contributed by atoms with van der Waals surface area (Å²) in [5.74, 6) is 0.893. The van der Waals surface area contributed by atoms with Gasteiger partial charge in [0.15, 0.2) is 0 Å². The van der Waals surface area contributed by atoms with Crippen LogP contribution < -0.4 is 10.5 Å². The Balaban J connectivity index is 2.34. The maximum atomic E-state index is 6.19. The molecule has 0 aliphatic carbocycles. The van der Waals surface area contributed by atoms with Crippen LogP contribution in [0.2, 0.25) is 0 Å². The third-order valence-corrected chi connectivity index (χ3v) is 3.42. The molecule has 2 heteroatoms. The molecular weight excluding hydrogens is 246 g/mol. The number of rotatable bonds is 4. The van der Waals surface area contributed by atoms with Crippen molar-refractivity contribution >= 4 is 0 Å². The smallest absolute Gasteiger partial charge is 0.127 e.